The number of carbonyl (C=O) groups is 1. The van der Waals surface area contributed by atoms with E-state index < -0.39 is 0 Å². The second-order valence-corrected chi connectivity index (χ2v) is 5.45. The molecular weight excluding hydrogens is 348 g/mol. The summed E-state index contributed by atoms with van der Waals surface area (Å²) in [6, 6.07) is 1.77. The molecule has 0 amide bonds. The predicted octanol–water partition coefficient (Wildman–Crippen LogP) is 3.81. The summed E-state index contributed by atoms with van der Waals surface area (Å²) in [6.45, 7) is 0. The van der Waals surface area contributed by atoms with Crippen LogP contribution in [0, 0.1) is 0 Å². The molecule has 0 saturated heterocycles. The largest absolute Gasteiger partial charge is 0.280 e. The standard InChI is InChI=1S/C5HBr3OS/c6-2-1-3(4(7)9)10-5(2)8/h1H. The Morgan fingerprint density at radius 3 is 2.30 bits per heavy atom. The average molecular weight is 349 g/mol. The Balaban J connectivity index is 3.10. The fourth-order valence-electron chi connectivity index (χ4n) is 0.443. The number of hydrogen-bond donors (Lipinski definition) is 0. The van der Waals surface area contributed by atoms with Crippen molar-refractivity contribution in [3.8, 4) is 0 Å². The van der Waals surface area contributed by atoms with Crippen LogP contribution in [0.4, 0.5) is 0 Å². The highest BCUT2D eigenvalue weighted by Crippen LogP contribution is 2.33. The first-order chi connectivity index (χ1) is 4.61. The zero-order valence-electron chi connectivity index (χ0n) is 4.53. The highest BCUT2D eigenvalue weighted by Gasteiger charge is 2.07. The number of thiophene rings is 1. The van der Waals surface area contributed by atoms with Gasteiger partial charge in [0.1, 0.15) is 0 Å². The molecule has 10 heavy (non-hydrogen) atoms. The third-order valence-corrected chi connectivity index (χ3v) is 4.78. The van der Waals surface area contributed by atoms with Gasteiger partial charge >= 0.3 is 0 Å². The SMILES string of the molecule is O=C(Br)c1cc(Br)c(Br)s1. The lowest BCUT2D eigenvalue weighted by atomic mass is 10.5. The van der Waals surface area contributed by atoms with Crippen LogP contribution in [-0.2, 0) is 0 Å². The van der Waals surface area contributed by atoms with Crippen molar-refractivity contribution in [2.45, 2.75) is 0 Å². The van der Waals surface area contributed by atoms with E-state index >= 15 is 0 Å². The zero-order valence-corrected chi connectivity index (χ0v) is 10.1. The highest BCUT2D eigenvalue weighted by atomic mass is 79.9. The van der Waals surface area contributed by atoms with E-state index in [0.717, 1.165) is 8.26 Å². The third-order valence-electron chi connectivity index (χ3n) is 0.839. The van der Waals surface area contributed by atoms with Gasteiger partial charge in [0, 0.05) is 4.47 Å². The van der Waals surface area contributed by atoms with Crippen molar-refractivity contribution in [3.63, 3.8) is 0 Å². The summed E-state index contributed by atoms with van der Waals surface area (Å²) in [5.74, 6) is 0. The Morgan fingerprint density at radius 2 is 2.10 bits per heavy atom. The van der Waals surface area contributed by atoms with Gasteiger partial charge in [-0.2, -0.15) is 0 Å². The molecule has 1 nitrogen and oxygen atoms in total. The summed E-state index contributed by atoms with van der Waals surface area (Å²) < 4.78 is 1.78. The number of rotatable bonds is 1. The molecule has 0 radical (unpaired) electrons. The molecule has 0 atom stereocenters. The molecule has 1 aromatic rings. The summed E-state index contributed by atoms with van der Waals surface area (Å²) in [4.78, 5) is 11.4. The number of halogens is 3. The molecule has 0 aliphatic rings. The van der Waals surface area contributed by atoms with Crippen LogP contribution in [0.5, 0.6) is 0 Å². The van der Waals surface area contributed by atoms with E-state index in [1.54, 1.807) is 6.07 Å². The monoisotopic (exact) mass is 346 g/mol. The second kappa shape index (κ2) is 3.47. The minimum atomic E-state index is -0.0797. The Hall–Kier alpha value is 0.810. The lowest BCUT2D eigenvalue weighted by molar-refractivity contribution is 0.109. The van der Waals surface area contributed by atoms with Crippen LogP contribution in [-0.4, -0.2) is 4.69 Å². The van der Waals surface area contributed by atoms with Crippen LogP contribution >= 0.6 is 59.1 Å². The number of hydrogen-bond acceptors (Lipinski definition) is 2. The number of carbonyl (C=O) groups excluding carboxylic acids is 1. The first-order valence-electron chi connectivity index (χ1n) is 2.26. The van der Waals surface area contributed by atoms with Crippen molar-refractivity contribution in [1.82, 2.24) is 0 Å². The molecule has 0 saturated carbocycles. The van der Waals surface area contributed by atoms with Crippen molar-refractivity contribution < 1.29 is 4.79 Å². The highest BCUT2D eigenvalue weighted by molar-refractivity contribution is 9.18. The Bertz CT molecular complexity index is 248. The van der Waals surface area contributed by atoms with Gasteiger partial charge in [-0.3, -0.25) is 4.79 Å². The van der Waals surface area contributed by atoms with Crippen LogP contribution in [0.25, 0.3) is 0 Å². The molecular formula is C5HBr3OS. The summed E-state index contributed by atoms with van der Waals surface area (Å²) in [5, 5.41) is 0. The smallest absolute Gasteiger partial charge is 0.238 e. The van der Waals surface area contributed by atoms with Gasteiger partial charge in [0.25, 0.3) is 0 Å². The molecule has 0 N–H and O–H groups in total. The summed E-state index contributed by atoms with van der Waals surface area (Å²) >= 11 is 10.8. The average Bonchev–Trinajstić information content (AvgIpc) is 2.13. The normalized spacial score (nSPS) is 9.90. The Labute approximate surface area is 87.2 Å². The molecule has 1 aromatic heterocycles. The van der Waals surface area contributed by atoms with Gasteiger partial charge in [0.05, 0.1) is 8.66 Å². The summed E-state index contributed by atoms with van der Waals surface area (Å²) in [5.41, 5.74) is 0. The van der Waals surface area contributed by atoms with E-state index in [9.17, 15) is 4.79 Å². The van der Waals surface area contributed by atoms with Gasteiger partial charge in [-0.05, 0) is 53.9 Å². The first kappa shape index (κ1) is 8.90. The zero-order chi connectivity index (χ0) is 7.72. The third kappa shape index (κ3) is 1.90. The van der Waals surface area contributed by atoms with Crippen molar-refractivity contribution in [3.05, 3.63) is 19.2 Å². The van der Waals surface area contributed by atoms with Crippen molar-refractivity contribution in [2.75, 3.05) is 0 Å². The molecule has 5 heteroatoms. The fraction of sp³-hybridized carbons (Fsp3) is 0. The molecule has 0 spiro atoms. The van der Waals surface area contributed by atoms with Crippen LogP contribution < -0.4 is 0 Å². The van der Waals surface area contributed by atoms with E-state index in [0.29, 0.717) is 4.88 Å². The topological polar surface area (TPSA) is 17.1 Å². The van der Waals surface area contributed by atoms with Crippen LogP contribution in [0.15, 0.2) is 14.3 Å². The van der Waals surface area contributed by atoms with Crippen LogP contribution in [0.1, 0.15) is 9.67 Å². The van der Waals surface area contributed by atoms with Gasteiger partial charge in [-0.25, -0.2) is 0 Å². The van der Waals surface area contributed by atoms with E-state index in [2.05, 4.69) is 47.8 Å². The molecule has 54 valence electrons. The molecule has 0 unspecified atom stereocenters. The van der Waals surface area contributed by atoms with Crippen LogP contribution in [0.3, 0.4) is 0 Å². The van der Waals surface area contributed by atoms with Gasteiger partial charge in [-0.1, -0.05) is 0 Å². The fourth-order valence-corrected chi connectivity index (χ4v) is 2.67. The molecule has 0 fully saturated rings. The quantitative estimate of drug-likeness (QED) is 0.705. The maximum absolute atomic E-state index is 10.7. The molecule has 0 aromatic carbocycles. The van der Waals surface area contributed by atoms with E-state index in [1.807, 2.05) is 0 Å². The minimum Gasteiger partial charge on any atom is -0.280 e. The maximum atomic E-state index is 10.7. The Kier molecular flexibility index (Phi) is 3.09. The summed E-state index contributed by atoms with van der Waals surface area (Å²) in [7, 11) is 0. The van der Waals surface area contributed by atoms with Crippen molar-refractivity contribution in [1.29, 1.82) is 0 Å². The van der Waals surface area contributed by atoms with Gasteiger partial charge in [0.2, 0.25) is 4.69 Å². The molecule has 1 rings (SSSR count). The maximum Gasteiger partial charge on any atom is 0.238 e. The van der Waals surface area contributed by atoms with E-state index in [1.165, 1.54) is 11.3 Å². The van der Waals surface area contributed by atoms with Crippen molar-refractivity contribution >= 4 is 63.8 Å². The minimum absolute atomic E-state index is 0.0797. The second-order valence-electron chi connectivity index (χ2n) is 1.51. The van der Waals surface area contributed by atoms with Gasteiger partial charge in [0.15, 0.2) is 0 Å². The molecule has 1 heterocycles. The predicted molar refractivity (Wildman–Crippen MR) is 53.0 cm³/mol. The van der Waals surface area contributed by atoms with E-state index in [4.69, 9.17) is 0 Å². The van der Waals surface area contributed by atoms with Crippen molar-refractivity contribution in [2.24, 2.45) is 0 Å². The van der Waals surface area contributed by atoms with E-state index in [-0.39, 0.29) is 4.69 Å². The molecule has 0 bridgehead atoms. The van der Waals surface area contributed by atoms with Gasteiger partial charge in [-0.15, -0.1) is 11.3 Å². The lowest BCUT2D eigenvalue weighted by Crippen LogP contribution is -1.77. The first-order valence-corrected chi connectivity index (χ1v) is 5.45. The molecule has 0 aliphatic carbocycles. The summed E-state index contributed by atoms with van der Waals surface area (Å²) in [6.07, 6.45) is 0. The molecule has 0 aliphatic heterocycles. The van der Waals surface area contributed by atoms with Crippen LogP contribution in [0.2, 0.25) is 0 Å². The Morgan fingerprint density at radius 1 is 1.50 bits per heavy atom. The van der Waals surface area contributed by atoms with Gasteiger partial charge < -0.3 is 0 Å². The lowest BCUT2D eigenvalue weighted by Gasteiger charge is -1.78.